The highest BCUT2D eigenvalue weighted by atomic mass is 16.5. The van der Waals surface area contributed by atoms with Crippen LogP contribution in [0.2, 0.25) is 0 Å². The van der Waals surface area contributed by atoms with E-state index >= 15 is 0 Å². The second-order valence-corrected chi connectivity index (χ2v) is 5.43. The quantitative estimate of drug-likeness (QED) is 0.827. The Morgan fingerprint density at radius 2 is 2.35 bits per heavy atom. The van der Waals surface area contributed by atoms with E-state index in [1.165, 1.54) is 18.4 Å². The van der Waals surface area contributed by atoms with Gasteiger partial charge in [0.15, 0.2) is 0 Å². The van der Waals surface area contributed by atoms with E-state index in [1.807, 2.05) is 18.2 Å². The SMILES string of the molecule is COc1cc(CN(C)CC2CCCOC2)ccc1C#N. The van der Waals surface area contributed by atoms with E-state index in [0.29, 0.717) is 17.2 Å². The Labute approximate surface area is 120 Å². The summed E-state index contributed by atoms with van der Waals surface area (Å²) in [5, 5.41) is 8.98. The molecule has 4 nitrogen and oxygen atoms in total. The van der Waals surface area contributed by atoms with E-state index in [-0.39, 0.29) is 0 Å². The van der Waals surface area contributed by atoms with Gasteiger partial charge >= 0.3 is 0 Å². The summed E-state index contributed by atoms with van der Waals surface area (Å²) in [6.07, 6.45) is 2.42. The summed E-state index contributed by atoms with van der Waals surface area (Å²) < 4.78 is 10.8. The van der Waals surface area contributed by atoms with Crippen molar-refractivity contribution >= 4 is 0 Å². The van der Waals surface area contributed by atoms with E-state index in [9.17, 15) is 0 Å². The molecule has 1 saturated heterocycles. The minimum atomic E-state index is 0.583. The molecule has 0 saturated carbocycles. The Balaban J connectivity index is 1.93. The van der Waals surface area contributed by atoms with Gasteiger partial charge in [-0.15, -0.1) is 0 Å². The third-order valence-electron chi connectivity index (χ3n) is 3.66. The van der Waals surface area contributed by atoms with Gasteiger partial charge in [-0.25, -0.2) is 0 Å². The fraction of sp³-hybridized carbons (Fsp3) is 0.562. The number of methoxy groups -OCH3 is 1. The van der Waals surface area contributed by atoms with Crippen LogP contribution in [0.3, 0.4) is 0 Å². The number of hydrogen-bond donors (Lipinski definition) is 0. The Kier molecular flexibility index (Phi) is 5.40. The maximum absolute atomic E-state index is 8.98. The van der Waals surface area contributed by atoms with Crippen LogP contribution in [0.5, 0.6) is 5.75 Å². The van der Waals surface area contributed by atoms with Crippen molar-refractivity contribution in [3.63, 3.8) is 0 Å². The molecule has 1 atom stereocenters. The van der Waals surface area contributed by atoms with Crippen LogP contribution in [0.1, 0.15) is 24.0 Å². The number of hydrogen-bond acceptors (Lipinski definition) is 4. The summed E-state index contributed by atoms with van der Waals surface area (Å²) in [6.45, 7) is 3.69. The summed E-state index contributed by atoms with van der Waals surface area (Å²) >= 11 is 0. The molecule has 2 rings (SSSR count). The average molecular weight is 274 g/mol. The molecule has 0 spiro atoms. The predicted octanol–water partition coefficient (Wildman–Crippen LogP) is 2.43. The highest BCUT2D eigenvalue weighted by Gasteiger charge is 2.16. The van der Waals surface area contributed by atoms with Crippen LogP contribution in [-0.4, -0.2) is 38.8 Å². The van der Waals surface area contributed by atoms with Gasteiger partial charge in [-0.1, -0.05) is 6.07 Å². The lowest BCUT2D eigenvalue weighted by molar-refractivity contribution is 0.0411. The van der Waals surface area contributed by atoms with Gasteiger partial charge in [0.05, 0.1) is 19.3 Å². The minimum Gasteiger partial charge on any atom is -0.495 e. The smallest absolute Gasteiger partial charge is 0.136 e. The third-order valence-corrected chi connectivity index (χ3v) is 3.66. The van der Waals surface area contributed by atoms with Gasteiger partial charge in [0.1, 0.15) is 11.8 Å². The lowest BCUT2D eigenvalue weighted by Gasteiger charge is -2.27. The van der Waals surface area contributed by atoms with Crippen molar-refractivity contribution in [1.29, 1.82) is 5.26 Å². The van der Waals surface area contributed by atoms with Crippen LogP contribution in [-0.2, 0) is 11.3 Å². The van der Waals surface area contributed by atoms with Gasteiger partial charge in [-0.2, -0.15) is 5.26 Å². The zero-order valence-corrected chi connectivity index (χ0v) is 12.3. The molecule has 0 amide bonds. The molecule has 4 heteroatoms. The molecule has 1 heterocycles. The fourth-order valence-corrected chi connectivity index (χ4v) is 2.69. The van der Waals surface area contributed by atoms with E-state index < -0.39 is 0 Å². The Hall–Kier alpha value is -1.57. The van der Waals surface area contributed by atoms with Crippen LogP contribution >= 0.6 is 0 Å². The van der Waals surface area contributed by atoms with Crippen molar-refractivity contribution in [3.8, 4) is 11.8 Å². The predicted molar refractivity (Wildman–Crippen MR) is 77.6 cm³/mol. The first-order valence-corrected chi connectivity index (χ1v) is 7.06. The van der Waals surface area contributed by atoms with E-state index in [0.717, 1.165) is 26.3 Å². The first kappa shape index (κ1) is 14.8. The highest BCUT2D eigenvalue weighted by molar-refractivity contribution is 5.45. The molecule has 0 N–H and O–H groups in total. The normalized spacial score (nSPS) is 18.8. The number of nitrogens with zero attached hydrogens (tertiary/aromatic N) is 2. The first-order chi connectivity index (χ1) is 9.72. The number of nitriles is 1. The topological polar surface area (TPSA) is 45.5 Å². The average Bonchev–Trinajstić information content (AvgIpc) is 2.48. The van der Waals surface area contributed by atoms with Gasteiger partial charge < -0.3 is 14.4 Å². The molecule has 20 heavy (non-hydrogen) atoms. The largest absolute Gasteiger partial charge is 0.495 e. The van der Waals surface area contributed by atoms with Crippen molar-refractivity contribution in [2.75, 3.05) is 33.9 Å². The molecule has 1 aliphatic rings. The molecule has 1 aliphatic heterocycles. The third kappa shape index (κ3) is 3.96. The monoisotopic (exact) mass is 274 g/mol. The highest BCUT2D eigenvalue weighted by Crippen LogP contribution is 2.21. The first-order valence-electron chi connectivity index (χ1n) is 7.06. The van der Waals surface area contributed by atoms with Crippen LogP contribution in [0.15, 0.2) is 18.2 Å². The van der Waals surface area contributed by atoms with Crippen LogP contribution in [0, 0.1) is 17.2 Å². The molecule has 1 unspecified atom stereocenters. The lowest BCUT2D eigenvalue weighted by Crippen LogP contribution is -2.30. The Bertz CT molecular complexity index is 476. The van der Waals surface area contributed by atoms with Gasteiger partial charge in [0.2, 0.25) is 0 Å². The maximum atomic E-state index is 8.98. The van der Waals surface area contributed by atoms with Crippen LogP contribution in [0.25, 0.3) is 0 Å². The summed E-state index contributed by atoms with van der Waals surface area (Å²) in [7, 11) is 3.72. The Morgan fingerprint density at radius 1 is 1.50 bits per heavy atom. The molecule has 1 fully saturated rings. The molecule has 0 aromatic heterocycles. The van der Waals surface area contributed by atoms with Gasteiger partial charge in [-0.3, -0.25) is 0 Å². The van der Waals surface area contributed by atoms with E-state index in [4.69, 9.17) is 14.7 Å². The zero-order chi connectivity index (χ0) is 14.4. The number of rotatable bonds is 5. The molecule has 0 radical (unpaired) electrons. The number of ether oxygens (including phenoxy) is 2. The van der Waals surface area contributed by atoms with Gasteiger partial charge in [0.25, 0.3) is 0 Å². The molecule has 108 valence electrons. The molecule has 0 aliphatic carbocycles. The summed E-state index contributed by atoms with van der Waals surface area (Å²) in [5.41, 5.74) is 1.75. The van der Waals surface area contributed by atoms with E-state index in [2.05, 4.69) is 18.0 Å². The van der Waals surface area contributed by atoms with E-state index in [1.54, 1.807) is 7.11 Å². The zero-order valence-electron chi connectivity index (χ0n) is 12.3. The summed E-state index contributed by atoms with van der Waals surface area (Å²) in [4.78, 5) is 2.31. The van der Waals surface area contributed by atoms with Crippen LogP contribution in [0.4, 0.5) is 0 Å². The van der Waals surface area contributed by atoms with Gasteiger partial charge in [-0.05, 0) is 43.5 Å². The molecule has 0 bridgehead atoms. The van der Waals surface area contributed by atoms with Crippen molar-refractivity contribution in [3.05, 3.63) is 29.3 Å². The minimum absolute atomic E-state index is 0.583. The van der Waals surface area contributed by atoms with Crippen LogP contribution < -0.4 is 4.74 Å². The molecule has 1 aromatic rings. The fourth-order valence-electron chi connectivity index (χ4n) is 2.69. The Morgan fingerprint density at radius 3 is 3.00 bits per heavy atom. The molecular formula is C16H22N2O2. The van der Waals surface area contributed by atoms with Crippen molar-refractivity contribution in [2.24, 2.45) is 5.92 Å². The maximum Gasteiger partial charge on any atom is 0.136 e. The molecular weight excluding hydrogens is 252 g/mol. The lowest BCUT2D eigenvalue weighted by atomic mass is 10.0. The van der Waals surface area contributed by atoms with Crippen molar-refractivity contribution in [2.45, 2.75) is 19.4 Å². The second kappa shape index (κ2) is 7.28. The van der Waals surface area contributed by atoms with Gasteiger partial charge in [0, 0.05) is 19.7 Å². The second-order valence-electron chi connectivity index (χ2n) is 5.43. The standard InChI is InChI=1S/C16H22N2O2/c1-18(11-14-4-3-7-20-12-14)10-13-5-6-15(9-17)16(8-13)19-2/h5-6,8,14H,3-4,7,10-12H2,1-2H3. The number of benzene rings is 1. The van der Waals surface area contributed by atoms with Crippen molar-refractivity contribution < 1.29 is 9.47 Å². The summed E-state index contributed by atoms with van der Waals surface area (Å²) in [6, 6.07) is 7.91. The molecule has 1 aromatic carbocycles. The van der Waals surface area contributed by atoms with Crippen molar-refractivity contribution in [1.82, 2.24) is 4.90 Å². The summed E-state index contributed by atoms with van der Waals surface area (Å²) in [5.74, 6) is 1.29.